The molecule has 11 heteroatoms. The summed E-state index contributed by atoms with van der Waals surface area (Å²) in [5, 5.41) is 13.9. The van der Waals surface area contributed by atoms with Crippen LogP contribution in [-0.2, 0) is 9.59 Å². The van der Waals surface area contributed by atoms with Crippen molar-refractivity contribution in [3.63, 3.8) is 0 Å². The number of carbonyl (C=O) groups excluding carboxylic acids is 3. The number of halogens is 1. The maximum Gasteiger partial charge on any atom is 0.312 e. The fourth-order valence-electron chi connectivity index (χ4n) is 4.06. The Kier molecular flexibility index (Phi) is 6.39. The molecule has 2 aromatic rings. The second-order valence-corrected chi connectivity index (χ2v) is 9.05. The predicted octanol–water partition coefficient (Wildman–Crippen LogP) is 0.945. The molecule has 1 saturated carbocycles. The van der Waals surface area contributed by atoms with Crippen LogP contribution >= 0.6 is 0 Å². The van der Waals surface area contributed by atoms with E-state index in [4.69, 9.17) is 0 Å². The van der Waals surface area contributed by atoms with Crippen LogP contribution < -0.4 is 5.32 Å². The SMILES string of the molecule is Cc1nnnn1-c1cc(F)cc(C(=O)N2CCN(C(=O)C(=O)NCC3CC3)C(C(C)C)C2)c1. The highest BCUT2D eigenvalue weighted by atomic mass is 19.1. The van der Waals surface area contributed by atoms with E-state index in [0.29, 0.717) is 24.0 Å². The van der Waals surface area contributed by atoms with Gasteiger partial charge in [-0.05, 0) is 60.2 Å². The van der Waals surface area contributed by atoms with E-state index in [1.165, 1.54) is 16.8 Å². The Balaban J connectivity index is 1.48. The number of aromatic nitrogens is 4. The molecule has 1 N–H and O–H groups in total. The fourth-order valence-corrected chi connectivity index (χ4v) is 4.06. The molecule has 1 aliphatic carbocycles. The minimum Gasteiger partial charge on any atom is -0.348 e. The molecule has 1 aromatic carbocycles. The molecule has 1 saturated heterocycles. The molecule has 10 nitrogen and oxygen atoms in total. The van der Waals surface area contributed by atoms with E-state index < -0.39 is 17.6 Å². The van der Waals surface area contributed by atoms with Crippen molar-refractivity contribution < 1.29 is 18.8 Å². The van der Waals surface area contributed by atoms with Crippen LogP contribution in [0.15, 0.2) is 18.2 Å². The number of nitrogens with one attached hydrogen (secondary N) is 1. The summed E-state index contributed by atoms with van der Waals surface area (Å²) in [7, 11) is 0. The zero-order valence-corrected chi connectivity index (χ0v) is 19.0. The third-order valence-corrected chi connectivity index (χ3v) is 6.18. The minimum atomic E-state index is -0.598. The summed E-state index contributed by atoms with van der Waals surface area (Å²) in [6, 6.07) is 3.66. The monoisotopic (exact) mass is 457 g/mol. The van der Waals surface area contributed by atoms with E-state index in [0.717, 1.165) is 12.8 Å². The minimum absolute atomic E-state index is 0.0210. The van der Waals surface area contributed by atoms with Gasteiger partial charge in [0.05, 0.1) is 11.7 Å². The van der Waals surface area contributed by atoms with Crippen molar-refractivity contribution in [2.75, 3.05) is 26.2 Å². The van der Waals surface area contributed by atoms with Crippen molar-refractivity contribution in [1.82, 2.24) is 35.3 Å². The van der Waals surface area contributed by atoms with E-state index >= 15 is 0 Å². The first-order valence-corrected chi connectivity index (χ1v) is 11.2. The average Bonchev–Trinajstić information content (AvgIpc) is 3.53. The average molecular weight is 458 g/mol. The lowest BCUT2D eigenvalue weighted by Crippen LogP contribution is -2.60. The van der Waals surface area contributed by atoms with Gasteiger partial charge in [-0.15, -0.1) is 5.10 Å². The maximum absolute atomic E-state index is 14.3. The number of aryl methyl sites for hydroxylation is 1. The zero-order valence-electron chi connectivity index (χ0n) is 19.0. The third kappa shape index (κ3) is 5.01. The van der Waals surface area contributed by atoms with Gasteiger partial charge in [-0.2, -0.15) is 4.68 Å². The molecular formula is C22H28FN7O3. The van der Waals surface area contributed by atoms with Crippen LogP contribution in [0, 0.1) is 24.6 Å². The highest BCUT2D eigenvalue weighted by Crippen LogP contribution is 2.27. The number of carbonyl (C=O) groups is 3. The number of hydrogen-bond donors (Lipinski definition) is 1. The topological polar surface area (TPSA) is 113 Å². The summed E-state index contributed by atoms with van der Waals surface area (Å²) in [6.07, 6.45) is 2.16. The molecule has 0 spiro atoms. The first-order chi connectivity index (χ1) is 15.7. The number of hydrogen-bond acceptors (Lipinski definition) is 6. The van der Waals surface area contributed by atoms with Crippen molar-refractivity contribution in [2.24, 2.45) is 11.8 Å². The molecule has 33 heavy (non-hydrogen) atoms. The molecule has 2 heterocycles. The Hall–Kier alpha value is -3.37. The molecular weight excluding hydrogens is 429 g/mol. The van der Waals surface area contributed by atoms with Crippen LogP contribution in [0.3, 0.4) is 0 Å². The highest BCUT2D eigenvalue weighted by molar-refractivity contribution is 6.35. The molecule has 0 bridgehead atoms. The summed E-state index contributed by atoms with van der Waals surface area (Å²) in [5.41, 5.74) is 0.520. The molecule has 1 atom stereocenters. The van der Waals surface area contributed by atoms with Crippen LogP contribution in [0.4, 0.5) is 4.39 Å². The van der Waals surface area contributed by atoms with Gasteiger partial charge in [-0.1, -0.05) is 13.8 Å². The van der Waals surface area contributed by atoms with Gasteiger partial charge >= 0.3 is 11.8 Å². The molecule has 2 fully saturated rings. The number of tetrazole rings is 1. The standard InChI is InChI=1S/C22H28FN7O3/c1-13(2)19-12-28(6-7-29(19)22(33)20(31)24-11-15-4-5-15)21(32)16-8-17(23)10-18(9-16)30-14(3)25-26-27-30/h8-10,13,15,19H,4-7,11-12H2,1-3H3,(H,24,31). The van der Waals surface area contributed by atoms with Gasteiger partial charge in [0, 0.05) is 31.7 Å². The quantitative estimate of drug-likeness (QED) is 0.669. The molecule has 4 rings (SSSR count). The Morgan fingerprint density at radius 1 is 1.18 bits per heavy atom. The van der Waals surface area contributed by atoms with Crippen molar-refractivity contribution in [3.8, 4) is 5.69 Å². The number of rotatable bonds is 5. The van der Waals surface area contributed by atoms with Crippen molar-refractivity contribution >= 4 is 17.7 Å². The zero-order chi connectivity index (χ0) is 23.7. The number of benzene rings is 1. The van der Waals surface area contributed by atoms with Gasteiger partial charge in [0.15, 0.2) is 5.82 Å². The molecule has 0 radical (unpaired) electrons. The van der Waals surface area contributed by atoms with E-state index in [2.05, 4.69) is 20.8 Å². The summed E-state index contributed by atoms with van der Waals surface area (Å²) in [5.74, 6) is -1.13. The molecule has 3 amide bonds. The summed E-state index contributed by atoms with van der Waals surface area (Å²) >= 11 is 0. The number of piperazine rings is 1. The second kappa shape index (κ2) is 9.24. The first-order valence-electron chi connectivity index (χ1n) is 11.2. The van der Waals surface area contributed by atoms with E-state index in [1.54, 1.807) is 22.8 Å². The van der Waals surface area contributed by atoms with Crippen LogP contribution in [0.2, 0.25) is 0 Å². The van der Waals surface area contributed by atoms with E-state index in [-0.39, 0.29) is 43.1 Å². The normalized spacial score (nSPS) is 18.5. The highest BCUT2D eigenvalue weighted by Gasteiger charge is 2.37. The summed E-state index contributed by atoms with van der Waals surface area (Å²) in [4.78, 5) is 41.5. The fraction of sp³-hybridized carbons (Fsp3) is 0.545. The van der Waals surface area contributed by atoms with Gasteiger partial charge in [0.2, 0.25) is 0 Å². The van der Waals surface area contributed by atoms with Crippen LogP contribution in [-0.4, -0.2) is 79.9 Å². The predicted molar refractivity (Wildman–Crippen MR) is 116 cm³/mol. The van der Waals surface area contributed by atoms with Crippen molar-refractivity contribution in [1.29, 1.82) is 0 Å². The molecule has 2 aliphatic rings. The summed E-state index contributed by atoms with van der Waals surface area (Å²) < 4.78 is 15.7. The van der Waals surface area contributed by atoms with Gasteiger partial charge in [-0.25, -0.2) is 4.39 Å². The van der Waals surface area contributed by atoms with Crippen molar-refractivity contribution in [3.05, 3.63) is 35.4 Å². The lowest BCUT2D eigenvalue weighted by molar-refractivity contribution is -0.149. The number of nitrogens with zero attached hydrogens (tertiary/aromatic N) is 6. The lowest BCUT2D eigenvalue weighted by Gasteiger charge is -2.43. The van der Waals surface area contributed by atoms with Crippen LogP contribution in [0.5, 0.6) is 0 Å². The smallest absolute Gasteiger partial charge is 0.312 e. The molecule has 176 valence electrons. The molecule has 1 unspecified atom stereocenters. The van der Waals surface area contributed by atoms with Gasteiger partial charge in [0.25, 0.3) is 5.91 Å². The Labute approximate surface area is 191 Å². The van der Waals surface area contributed by atoms with Gasteiger partial charge < -0.3 is 15.1 Å². The molecule has 1 aliphatic heterocycles. The maximum atomic E-state index is 14.3. The Bertz CT molecular complexity index is 1070. The van der Waals surface area contributed by atoms with Gasteiger partial charge in [-0.3, -0.25) is 14.4 Å². The van der Waals surface area contributed by atoms with Gasteiger partial charge in [0.1, 0.15) is 5.82 Å². The largest absolute Gasteiger partial charge is 0.348 e. The van der Waals surface area contributed by atoms with E-state index in [1.807, 2.05) is 13.8 Å². The molecule has 1 aromatic heterocycles. The Morgan fingerprint density at radius 2 is 1.94 bits per heavy atom. The van der Waals surface area contributed by atoms with Crippen LogP contribution in [0.1, 0.15) is 42.9 Å². The first kappa shape index (κ1) is 22.8. The Morgan fingerprint density at radius 3 is 2.58 bits per heavy atom. The van der Waals surface area contributed by atoms with Crippen LogP contribution in [0.25, 0.3) is 5.69 Å². The third-order valence-electron chi connectivity index (χ3n) is 6.18. The lowest BCUT2D eigenvalue weighted by atomic mass is 9.98. The number of amides is 3. The second-order valence-electron chi connectivity index (χ2n) is 9.05. The van der Waals surface area contributed by atoms with Crippen molar-refractivity contribution in [2.45, 2.75) is 39.7 Å². The van der Waals surface area contributed by atoms with E-state index in [9.17, 15) is 18.8 Å². The summed E-state index contributed by atoms with van der Waals surface area (Å²) in [6.45, 7) is 6.84.